The largest absolute Gasteiger partial charge is 0.470 e. The minimum Gasteiger partial charge on any atom is -0.470 e. The van der Waals surface area contributed by atoms with Gasteiger partial charge in [0.2, 0.25) is 0 Å². The smallest absolute Gasteiger partial charge is 0.346 e. The Balaban J connectivity index is 1.98. The molecule has 1 fully saturated rings. The summed E-state index contributed by atoms with van der Waals surface area (Å²) in [4.78, 5) is 9.78. The molecule has 0 radical (unpaired) electrons. The Kier molecular flexibility index (Phi) is 2.32. The van der Waals surface area contributed by atoms with E-state index in [-0.39, 0.29) is 17.8 Å². The third kappa shape index (κ3) is 1.82. The third-order valence-corrected chi connectivity index (χ3v) is 2.04. The minimum atomic E-state index is -0.535. The van der Waals surface area contributed by atoms with E-state index in [1.807, 2.05) is 0 Å². The van der Waals surface area contributed by atoms with Gasteiger partial charge >= 0.3 is 5.82 Å². The number of hydrogen-bond acceptors (Lipinski definition) is 5. The summed E-state index contributed by atoms with van der Waals surface area (Å²) in [5.41, 5.74) is 0. The Morgan fingerprint density at radius 2 is 2.57 bits per heavy atom. The van der Waals surface area contributed by atoms with E-state index in [0.717, 1.165) is 19.5 Å². The summed E-state index contributed by atoms with van der Waals surface area (Å²) < 4.78 is 5.40. The molecule has 0 amide bonds. The fraction of sp³-hybridized carbons (Fsp3) is 0.571. The van der Waals surface area contributed by atoms with E-state index >= 15 is 0 Å². The molecule has 7 nitrogen and oxygen atoms in total. The Hall–Kier alpha value is -1.63. The normalized spacial score (nSPS) is 21.0. The summed E-state index contributed by atoms with van der Waals surface area (Å²) in [6, 6.07) is 1.29. The fourth-order valence-electron chi connectivity index (χ4n) is 1.35. The van der Waals surface area contributed by atoms with Crippen LogP contribution in [-0.2, 0) is 0 Å². The Morgan fingerprint density at radius 3 is 3.14 bits per heavy atom. The highest BCUT2D eigenvalue weighted by molar-refractivity contribution is 5.24. The summed E-state index contributed by atoms with van der Waals surface area (Å²) in [7, 11) is 0. The maximum Gasteiger partial charge on any atom is 0.346 e. The van der Waals surface area contributed by atoms with E-state index in [9.17, 15) is 10.1 Å². The summed E-state index contributed by atoms with van der Waals surface area (Å²) in [6.07, 6.45) is 0.971. The first-order valence-corrected chi connectivity index (χ1v) is 4.33. The van der Waals surface area contributed by atoms with Crippen LogP contribution in [0, 0.1) is 10.1 Å². The van der Waals surface area contributed by atoms with Gasteiger partial charge in [0, 0.05) is 6.54 Å². The molecule has 1 saturated heterocycles. The average Bonchev–Trinajstić information content (AvgIpc) is 2.75. The van der Waals surface area contributed by atoms with Crippen molar-refractivity contribution in [2.45, 2.75) is 12.5 Å². The number of nitrogens with zero attached hydrogens (tertiary/aromatic N) is 2. The van der Waals surface area contributed by atoms with Gasteiger partial charge in [-0.05, 0) is 23.0 Å². The topological polar surface area (TPSA) is 93.1 Å². The van der Waals surface area contributed by atoms with Gasteiger partial charge in [0.25, 0.3) is 5.88 Å². The van der Waals surface area contributed by atoms with Crippen LogP contribution in [0.1, 0.15) is 6.42 Å². The maximum absolute atomic E-state index is 10.3. The zero-order chi connectivity index (χ0) is 9.97. The van der Waals surface area contributed by atoms with E-state index in [1.54, 1.807) is 0 Å². The number of aromatic nitrogens is 2. The first-order valence-electron chi connectivity index (χ1n) is 4.33. The van der Waals surface area contributed by atoms with Crippen molar-refractivity contribution in [2.24, 2.45) is 0 Å². The molecule has 14 heavy (non-hydrogen) atoms. The van der Waals surface area contributed by atoms with Crippen molar-refractivity contribution in [3.05, 3.63) is 16.2 Å². The number of aromatic amines is 1. The second-order valence-electron chi connectivity index (χ2n) is 3.08. The van der Waals surface area contributed by atoms with Gasteiger partial charge in [0.05, 0.1) is 6.07 Å². The molecule has 2 rings (SSSR count). The second kappa shape index (κ2) is 3.62. The van der Waals surface area contributed by atoms with E-state index < -0.39 is 4.92 Å². The lowest BCUT2D eigenvalue weighted by Crippen LogP contribution is -2.19. The predicted molar refractivity (Wildman–Crippen MR) is 47.1 cm³/mol. The van der Waals surface area contributed by atoms with Gasteiger partial charge in [-0.15, -0.1) is 5.10 Å². The van der Waals surface area contributed by atoms with Crippen molar-refractivity contribution in [2.75, 3.05) is 13.1 Å². The summed E-state index contributed by atoms with van der Waals surface area (Å²) in [5.74, 6) is 0.136. The molecule has 0 aromatic carbocycles. The Labute approximate surface area is 79.6 Å². The molecule has 7 heteroatoms. The van der Waals surface area contributed by atoms with Gasteiger partial charge in [-0.3, -0.25) is 0 Å². The van der Waals surface area contributed by atoms with Crippen molar-refractivity contribution in [1.82, 2.24) is 15.5 Å². The molecule has 2 N–H and O–H groups in total. The quantitative estimate of drug-likeness (QED) is 0.529. The molecule has 1 aliphatic heterocycles. The van der Waals surface area contributed by atoms with Gasteiger partial charge in [-0.25, -0.2) is 0 Å². The van der Waals surface area contributed by atoms with Crippen LogP contribution in [0.15, 0.2) is 6.07 Å². The lowest BCUT2D eigenvalue weighted by molar-refractivity contribution is -0.389. The van der Waals surface area contributed by atoms with Crippen LogP contribution < -0.4 is 10.1 Å². The first-order chi connectivity index (χ1) is 6.75. The van der Waals surface area contributed by atoms with Crippen molar-refractivity contribution in [1.29, 1.82) is 0 Å². The first kappa shape index (κ1) is 8.95. The van der Waals surface area contributed by atoms with E-state index in [2.05, 4.69) is 15.5 Å². The monoisotopic (exact) mass is 198 g/mol. The number of nitrogens with one attached hydrogen (secondary N) is 2. The van der Waals surface area contributed by atoms with Crippen molar-refractivity contribution >= 4 is 5.82 Å². The standard InChI is InChI=1S/C7H10N4O3/c12-11(13)6-3-7(10-9-6)14-5-1-2-8-4-5/h3,5,8H,1-2,4H2,(H,9,10). The van der Waals surface area contributed by atoms with Crippen molar-refractivity contribution in [3.8, 4) is 5.88 Å². The molecular formula is C7H10N4O3. The molecule has 76 valence electrons. The molecule has 0 bridgehead atoms. The number of nitro groups is 1. The maximum atomic E-state index is 10.3. The molecule has 1 unspecified atom stereocenters. The zero-order valence-electron chi connectivity index (χ0n) is 7.40. The number of H-pyrrole nitrogens is 1. The molecule has 0 spiro atoms. The lowest BCUT2D eigenvalue weighted by Gasteiger charge is -2.07. The van der Waals surface area contributed by atoms with Gasteiger partial charge < -0.3 is 20.2 Å². The molecule has 2 heterocycles. The van der Waals surface area contributed by atoms with Crippen molar-refractivity contribution < 1.29 is 9.66 Å². The lowest BCUT2D eigenvalue weighted by atomic mass is 10.3. The fourth-order valence-corrected chi connectivity index (χ4v) is 1.35. The van der Waals surface area contributed by atoms with Crippen LogP contribution in [0.2, 0.25) is 0 Å². The summed E-state index contributed by atoms with van der Waals surface area (Å²) in [6.45, 7) is 1.68. The third-order valence-electron chi connectivity index (χ3n) is 2.04. The van der Waals surface area contributed by atoms with Crippen molar-refractivity contribution in [3.63, 3.8) is 0 Å². The molecule has 1 aliphatic rings. The van der Waals surface area contributed by atoms with Crippen LogP contribution in [0.4, 0.5) is 5.82 Å². The van der Waals surface area contributed by atoms with E-state index in [1.165, 1.54) is 6.07 Å². The summed E-state index contributed by atoms with van der Waals surface area (Å²) >= 11 is 0. The Morgan fingerprint density at radius 1 is 1.71 bits per heavy atom. The highest BCUT2D eigenvalue weighted by Crippen LogP contribution is 2.17. The predicted octanol–water partition coefficient (Wildman–Crippen LogP) is 0.0586. The van der Waals surface area contributed by atoms with Crippen LogP contribution in [-0.4, -0.2) is 34.3 Å². The number of hydrogen-bond donors (Lipinski definition) is 2. The Bertz CT molecular complexity index is 331. The van der Waals surface area contributed by atoms with Crippen LogP contribution in [0.3, 0.4) is 0 Å². The molecule has 1 atom stereocenters. The minimum absolute atomic E-state index is 0.0675. The second-order valence-corrected chi connectivity index (χ2v) is 3.08. The highest BCUT2D eigenvalue weighted by Gasteiger charge is 2.19. The van der Waals surface area contributed by atoms with E-state index in [0.29, 0.717) is 0 Å². The van der Waals surface area contributed by atoms with Crippen LogP contribution in [0.25, 0.3) is 0 Å². The highest BCUT2D eigenvalue weighted by atomic mass is 16.6. The molecular weight excluding hydrogens is 188 g/mol. The number of rotatable bonds is 3. The summed E-state index contributed by atoms with van der Waals surface area (Å²) in [5, 5.41) is 19.4. The number of ether oxygens (including phenoxy) is 1. The molecule has 0 saturated carbocycles. The van der Waals surface area contributed by atoms with Gasteiger partial charge in [-0.1, -0.05) is 0 Å². The van der Waals surface area contributed by atoms with Crippen LogP contribution >= 0.6 is 0 Å². The van der Waals surface area contributed by atoms with Gasteiger partial charge in [-0.2, -0.15) is 0 Å². The zero-order valence-corrected chi connectivity index (χ0v) is 7.40. The molecule has 1 aromatic rings. The van der Waals surface area contributed by atoms with E-state index in [4.69, 9.17) is 4.74 Å². The molecule has 0 aliphatic carbocycles. The van der Waals surface area contributed by atoms with Crippen LogP contribution in [0.5, 0.6) is 5.88 Å². The average molecular weight is 198 g/mol. The van der Waals surface area contributed by atoms with Gasteiger partial charge in [0.15, 0.2) is 0 Å². The molecule has 1 aromatic heterocycles. The SMILES string of the molecule is O=[N+]([O-])c1cc(OC2CCNC2)n[nH]1. The van der Waals surface area contributed by atoms with Gasteiger partial charge in [0.1, 0.15) is 6.10 Å².